The molecule has 2 N–H and O–H groups in total. The van der Waals surface area contributed by atoms with Crippen LogP contribution in [0.1, 0.15) is 5.56 Å². The monoisotopic (exact) mass is 314 g/mol. The molecule has 1 aliphatic rings. The molecule has 3 rings (SSSR count). The number of fused-ring (bicyclic) bond motifs is 1. The van der Waals surface area contributed by atoms with Gasteiger partial charge in [0, 0.05) is 12.2 Å². The van der Waals surface area contributed by atoms with Crippen LogP contribution in [0.5, 0.6) is 11.5 Å². The predicted octanol–water partition coefficient (Wildman–Crippen LogP) is 2.99. The van der Waals surface area contributed by atoms with Crippen LogP contribution < -0.4 is 20.1 Å². The van der Waals surface area contributed by atoms with E-state index in [4.69, 9.17) is 21.7 Å². The van der Waals surface area contributed by atoms with E-state index in [0.29, 0.717) is 18.3 Å². The Morgan fingerprint density at radius 3 is 2.59 bits per heavy atom. The van der Waals surface area contributed by atoms with Crippen LogP contribution in [0.3, 0.4) is 0 Å². The summed E-state index contributed by atoms with van der Waals surface area (Å²) in [6.45, 7) is 1.99. The number of nitrogens with one attached hydrogen (secondary N) is 2. The lowest BCUT2D eigenvalue weighted by Gasteiger charge is -2.19. The zero-order valence-electron chi connectivity index (χ0n) is 12.2. The van der Waals surface area contributed by atoms with Crippen molar-refractivity contribution in [1.29, 1.82) is 0 Å². The molecule has 0 radical (unpaired) electrons. The third-order valence-electron chi connectivity index (χ3n) is 3.34. The molecule has 0 aromatic heterocycles. The minimum Gasteiger partial charge on any atom is -0.486 e. The molecular weight excluding hydrogens is 296 g/mol. The van der Waals surface area contributed by atoms with E-state index in [1.807, 2.05) is 42.5 Å². The Balaban J connectivity index is 1.47. The van der Waals surface area contributed by atoms with Crippen LogP contribution in [0.2, 0.25) is 0 Å². The summed E-state index contributed by atoms with van der Waals surface area (Å²) in [6.07, 6.45) is 0.868. The van der Waals surface area contributed by atoms with E-state index in [2.05, 4.69) is 16.7 Å². The number of rotatable bonds is 4. The number of hydrogen-bond acceptors (Lipinski definition) is 3. The molecule has 0 bridgehead atoms. The summed E-state index contributed by atoms with van der Waals surface area (Å²) in [5, 5.41) is 6.99. The maximum atomic E-state index is 5.59. The summed E-state index contributed by atoms with van der Waals surface area (Å²) < 4.78 is 11.1. The molecule has 1 aliphatic heterocycles. The SMILES string of the molecule is S=C(NCCc1ccc2c(c1)OCCO2)Nc1ccccc1. The third kappa shape index (κ3) is 3.89. The Labute approximate surface area is 135 Å². The van der Waals surface area contributed by atoms with Gasteiger partial charge in [-0.05, 0) is 48.5 Å². The van der Waals surface area contributed by atoms with Gasteiger partial charge >= 0.3 is 0 Å². The van der Waals surface area contributed by atoms with Crippen molar-refractivity contribution in [2.75, 3.05) is 25.1 Å². The summed E-state index contributed by atoms with van der Waals surface area (Å²) >= 11 is 5.28. The number of anilines is 1. The van der Waals surface area contributed by atoms with Crippen molar-refractivity contribution in [3.8, 4) is 11.5 Å². The van der Waals surface area contributed by atoms with Crippen molar-refractivity contribution in [2.24, 2.45) is 0 Å². The average Bonchev–Trinajstić information content (AvgIpc) is 2.55. The highest BCUT2D eigenvalue weighted by Gasteiger charge is 2.11. The number of ether oxygens (including phenoxy) is 2. The molecule has 22 heavy (non-hydrogen) atoms. The number of hydrogen-bond donors (Lipinski definition) is 2. The van der Waals surface area contributed by atoms with E-state index in [1.165, 1.54) is 5.56 Å². The van der Waals surface area contributed by atoms with Crippen LogP contribution in [0.4, 0.5) is 5.69 Å². The van der Waals surface area contributed by atoms with Crippen molar-refractivity contribution < 1.29 is 9.47 Å². The highest BCUT2D eigenvalue weighted by molar-refractivity contribution is 7.80. The Bertz CT molecular complexity index is 646. The Morgan fingerprint density at radius 2 is 1.77 bits per heavy atom. The van der Waals surface area contributed by atoms with Gasteiger partial charge in [0.2, 0.25) is 0 Å². The molecule has 0 spiro atoms. The van der Waals surface area contributed by atoms with Gasteiger partial charge in [-0.25, -0.2) is 0 Å². The molecule has 0 amide bonds. The van der Waals surface area contributed by atoms with Crippen LogP contribution in [-0.4, -0.2) is 24.9 Å². The lowest BCUT2D eigenvalue weighted by molar-refractivity contribution is 0.171. The first-order valence-electron chi connectivity index (χ1n) is 7.30. The normalized spacial score (nSPS) is 12.5. The highest BCUT2D eigenvalue weighted by Crippen LogP contribution is 2.30. The van der Waals surface area contributed by atoms with Crippen LogP contribution >= 0.6 is 12.2 Å². The fourth-order valence-electron chi connectivity index (χ4n) is 2.26. The van der Waals surface area contributed by atoms with Crippen LogP contribution in [0, 0.1) is 0 Å². The van der Waals surface area contributed by atoms with Gasteiger partial charge in [-0.2, -0.15) is 0 Å². The molecule has 0 aliphatic carbocycles. The smallest absolute Gasteiger partial charge is 0.170 e. The summed E-state index contributed by atoms with van der Waals surface area (Å²) in [5.74, 6) is 1.65. The van der Waals surface area contributed by atoms with Gasteiger partial charge in [0.05, 0.1) is 0 Å². The Morgan fingerprint density at radius 1 is 1.00 bits per heavy atom. The quantitative estimate of drug-likeness (QED) is 0.849. The molecule has 0 atom stereocenters. The zero-order valence-corrected chi connectivity index (χ0v) is 13.0. The molecule has 4 nitrogen and oxygen atoms in total. The van der Waals surface area contributed by atoms with Gasteiger partial charge < -0.3 is 20.1 Å². The Kier molecular flexibility index (Phi) is 4.75. The van der Waals surface area contributed by atoms with Crippen molar-refractivity contribution >= 4 is 23.0 Å². The molecule has 0 saturated carbocycles. The fourth-order valence-corrected chi connectivity index (χ4v) is 2.48. The van der Waals surface area contributed by atoms with Gasteiger partial charge in [-0.15, -0.1) is 0 Å². The van der Waals surface area contributed by atoms with E-state index in [9.17, 15) is 0 Å². The number of benzene rings is 2. The molecule has 5 heteroatoms. The van der Waals surface area contributed by atoms with Gasteiger partial charge in [0.25, 0.3) is 0 Å². The standard InChI is InChI=1S/C17H18N2O2S/c22-17(19-14-4-2-1-3-5-14)18-9-8-13-6-7-15-16(12-13)21-11-10-20-15/h1-7,12H,8-11H2,(H2,18,19,22). The second kappa shape index (κ2) is 7.13. The maximum Gasteiger partial charge on any atom is 0.170 e. The minimum atomic E-state index is 0.611. The van der Waals surface area contributed by atoms with Crippen molar-refractivity contribution in [3.05, 3.63) is 54.1 Å². The topological polar surface area (TPSA) is 42.5 Å². The van der Waals surface area contributed by atoms with E-state index < -0.39 is 0 Å². The second-order valence-corrected chi connectivity index (χ2v) is 5.38. The average molecular weight is 314 g/mol. The molecule has 2 aromatic rings. The lowest BCUT2D eigenvalue weighted by atomic mass is 10.1. The first-order valence-corrected chi connectivity index (χ1v) is 7.70. The van der Waals surface area contributed by atoms with Crippen molar-refractivity contribution in [1.82, 2.24) is 5.32 Å². The van der Waals surface area contributed by atoms with Crippen LogP contribution in [0.15, 0.2) is 48.5 Å². The molecule has 114 valence electrons. The summed E-state index contributed by atoms with van der Waals surface area (Å²) in [7, 11) is 0. The molecular formula is C17H18N2O2S. The van der Waals surface area contributed by atoms with Gasteiger partial charge in [0.15, 0.2) is 16.6 Å². The molecule has 0 saturated heterocycles. The highest BCUT2D eigenvalue weighted by atomic mass is 32.1. The third-order valence-corrected chi connectivity index (χ3v) is 3.58. The van der Waals surface area contributed by atoms with E-state index in [-0.39, 0.29) is 0 Å². The van der Waals surface area contributed by atoms with Crippen LogP contribution in [-0.2, 0) is 6.42 Å². The molecule has 0 unspecified atom stereocenters. The maximum absolute atomic E-state index is 5.59. The van der Waals surface area contributed by atoms with Gasteiger partial charge in [0.1, 0.15) is 13.2 Å². The largest absolute Gasteiger partial charge is 0.486 e. The van der Waals surface area contributed by atoms with Crippen molar-refractivity contribution in [3.63, 3.8) is 0 Å². The van der Waals surface area contributed by atoms with Gasteiger partial charge in [-0.3, -0.25) is 0 Å². The number of para-hydroxylation sites is 1. The summed E-state index contributed by atoms with van der Waals surface area (Å²) in [6, 6.07) is 15.9. The zero-order chi connectivity index (χ0) is 15.2. The van der Waals surface area contributed by atoms with Gasteiger partial charge in [-0.1, -0.05) is 24.3 Å². The lowest BCUT2D eigenvalue weighted by Crippen LogP contribution is -2.30. The molecule has 1 heterocycles. The summed E-state index contributed by atoms with van der Waals surface area (Å²) in [5.41, 5.74) is 2.18. The Hall–Kier alpha value is -2.27. The first kappa shape index (κ1) is 14.7. The van der Waals surface area contributed by atoms with E-state index in [1.54, 1.807) is 0 Å². The van der Waals surface area contributed by atoms with Crippen LogP contribution in [0.25, 0.3) is 0 Å². The predicted molar refractivity (Wildman–Crippen MR) is 91.8 cm³/mol. The molecule has 0 fully saturated rings. The van der Waals surface area contributed by atoms with E-state index >= 15 is 0 Å². The first-order chi connectivity index (χ1) is 10.8. The van der Waals surface area contributed by atoms with Crippen molar-refractivity contribution in [2.45, 2.75) is 6.42 Å². The van der Waals surface area contributed by atoms with E-state index in [0.717, 1.165) is 30.2 Å². The minimum absolute atomic E-state index is 0.611. The fraction of sp³-hybridized carbons (Fsp3) is 0.235. The summed E-state index contributed by atoms with van der Waals surface area (Å²) in [4.78, 5) is 0. The number of thiocarbonyl (C=S) groups is 1. The second-order valence-electron chi connectivity index (χ2n) is 4.97. The molecule has 2 aromatic carbocycles.